The molecule has 0 radical (unpaired) electrons. The van der Waals surface area contributed by atoms with Crippen molar-refractivity contribution in [2.75, 3.05) is 10.6 Å². The lowest BCUT2D eigenvalue weighted by Crippen LogP contribution is -2.12. The van der Waals surface area contributed by atoms with Crippen LogP contribution in [0.2, 0.25) is 0 Å². The zero-order valence-electron chi connectivity index (χ0n) is 13.9. The Hall–Kier alpha value is -3.32. The van der Waals surface area contributed by atoms with E-state index in [1.54, 1.807) is 11.6 Å². The van der Waals surface area contributed by atoms with Crippen LogP contribution in [-0.2, 0) is 0 Å². The number of fused-ring (bicyclic) bond motifs is 1. The number of aryl methyl sites for hydroxylation is 1. The largest absolute Gasteiger partial charge is 0.320 e. The van der Waals surface area contributed by atoms with E-state index in [1.165, 1.54) is 11.3 Å². The number of nitrogens with one attached hydrogen (secondary N) is 2. The summed E-state index contributed by atoms with van der Waals surface area (Å²) in [6, 6.07) is 15.1. The van der Waals surface area contributed by atoms with Crippen LogP contribution in [0.3, 0.4) is 0 Å². The SMILES string of the molecule is Cc1ccc2c(NC(=O)c3csc(Nc4ccccn4)n3)cccc2n1. The van der Waals surface area contributed by atoms with Crippen molar-refractivity contribution in [3.63, 3.8) is 0 Å². The number of rotatable bonds is 4. The molecule has 4 aromatic rings. The molecule has 1 aromatic carbocycles. The lowest BCUT2D eigenvalue weighted by Gasteiger charge is -2.07. The second kappa shape index (κ2) is 6.89. The molecule has 0 aliphatic heterocycles. The molecule has 0 saturated heterocycles. The fraction of sp³-hybridized carbons (Fsp3) is 0.0526. The first-order valence-corrected chi connectivity index (χ1v) is 8.88. The van der Waals surface area contributed by atoms with Crippen LogP contribution in [0, 0.1) is 6.92 Å². The summed E-state index contributed by atoms with van der Waals surface area (Å²) in [6.45, 7) is 1.94. The fourth-order valence-electron chi connectivity index (χ4n) is 2.53. The second-order valence-electron chi connectivity index (χ2n) is 5.66. The first-order chi connectivity index (χ1) is 12.7. The smallest absolute Gasteiger partial charge is 0.275 e. The van der Waals surface area contributed by atoms with Crippen molar-refractivity contribution < 1.29 is 4.79 Å². The molecule has 0 unspecified atom stereocenters. The zero-order chi connectivity index (χ0) is 17.9. The van der Waals surface area contributed by atoms with Crippen molar-refractivity contribution in [3.05, 3.63) is 71.5 Å². The lowest BCUT2D eigenvalue weighted by atomic mass is 10.1. The van der Waals surface area contributed by atoms with Crippen molar-refractivity contribution >= 4 is 44.8 Å². The van der Waals surface area contributed by atoms with Crippen LogP contribution < -0.4 is 10.6 Å². The highest BCUT2D eigenvalue weighted by Gasteiger charge is 2.13. The van der Waals surface area contributed by atoms with E-state index >= 15 is 0 Å². The van der Waals surface area contributed by atoms with Gasteiger partial charge in [0.05, 0.1) is 11.2 Å². The summed E-state index contributed by atoms with van der Waals surface area (Å²) in [5.41, 5.74) is 2.85. The van der Waals surface area contributed by atoms with Crippen LogP contribution >= 0.6 is 11.3 Å². The summed E-state index contributed by atoms with van der Waals surface area (Å²) in [7, 11) is 0. The number of amides is 1. The maximum atomic E-state index is 12.6. The summed E-state index contributed by atoms with van der Waals surface area (Å²) < 4.78 is 0. The monoisotopic (exact) mass is 361 g/mol. The molecule has 128 valence electrons. The molecular weight excluding hydrogens is 346 g/mol. The van der Waals surface area contributed by atoms with Gasteiger partial charge in [0.2, 0.25) is 0 Å². The Morgan fingerprint density at radius 2 is 1.96 bits per heavy atom. The molecule has 3 aromatic heterocycles. The molecule has 0 fully saturated rings. The summed E-state index contributed by atoms with van der Waals surface area (Å²) in [6.07, 6.45) is 1.69. The number of thiazole rings is 1. The second-order valence-corrected chi connectivity index (χ2v) is 6.51. The van der Waals surface area contributed by atoms with Gasteiger partial charge in [0.1, 0.15) is 11.5 Å². The minimum absolute atomic E-state index is 0.261. The lowest BCUT2D eigenvalue weighted by molar-refractivity contribution is 0.102. The maximum Gasteiger partial charge on any atom is 0.275 e. The number of benzene rings is 1. The van der Waals surface area contributed by atoms with E-state index < -0.39 is 0 Å². The predicted octanol–water partition coefficient (Wildman–Crippen LogP) is 4.39. The van der Waals surface area contributed by atoms with Crippen LogP contribution in [0.5, 0.6) is 0 Å². The third-order valence-corrected chi connectivity index (χ3v) is 4.51. The minimum Gasteiger partial charge on any atom is -0.320 e. The Morgan fingerprint density at radius 3 is 2.81 bits per heavy atom. The van der Waals surface area contributed by atoms with Crippen LogP contribution in [0.4, 0.5) is 16.6 Å². The first-order valence-electron chi connectivity index (χ1n) is 8.00. The minimum atomic E-state index is -0.261. The van der Waals surface area contributed by atoms with Gasteiger partial charge in [0.25, 0.3) is 5.91 Å². The normalized spacial score (nSPS) is 10.7. The van der Waals surface area contributed by atoms with Crippen molar-refractivity contribution in [2.45, 2.75) is 6.92 Å². The van der Waals surface area contributed by atoms with Crippen molar-refractivity contribution in [1.82, 2.24) is 15.0 Å². The Morgan fingerprint density at radius 1 is 1.04 bits per heavy atom. The van der Waals surface area contributed by atoms with Crippen molar-refractivity contribution in [3.8, 4) is 0 Å². The van der Waals surface area contributed by atoms with Gasteiger partial charge in [-0.2, -0.15) is 0 Å². The van der Waals surface area contributed by atoms with E-state index in [4.69, 9.17) is 0 Å². The molecule has 0 aliphatic carbocycles. The molecule has 0 aliphatic rings. The molecule has 2 N–H and O–H groups in total. The van der Waals surface area contributed by atoms with Crippen LogP contribution in [0.15, 0.2) is 60.1 Å². The van der Waals surface area contributed by atoms with Gasteiger partial charge in [-0.05, 0) is 43.3 Å². The Kier molecular flexibility index (Phi) is 4.28. The molecule has 0 saturated carbocycles. The van der Waals surface area contributed by atoms with Gasteiger partial charge in [0.15, 0.2) is 5.13 Å². The van der Waals surface area contributed by atoms with E-state index in [0.717, 1.165) is 16.6 Å². The quantitative estimate of drug-likeness (QED) is 0.563. The number of pyridine rings is 2. The summed E-state index contributed by atoms with van der Waals surface area (Å²) in [5.74, 6) is 0.424. The topological polar surface area (TPSA) is 79.8 Å². The molecule has 0 atom stereocenters. The summed E-state index contributed by atoms with van der Waals surface area (Å²) >= 11 is 1.35. The van der Waals surface area contributed by atoms with Crippen molar-refractivity contribution in [2.24, 2.45) is 0 Å². The third kappa shape index (κ3) is 3.38. The highest BCUT2D eigenvalue weighted by atomic mass is 32.1. The molecule has 1 amide bonds. The number of hydrogen-bond acceptors (Lipinski definition) is 6. The number of anilines is 3. The average molecular weight is 361 g/mol. The van der Waals surface area contributed by atoms with E-state index in [2.05, 4.69) is 25.6 Å². The van der Waals surface area contributed by atoms with Gasteiger partial charge in [-0.15, -0.1) is 11.3 Å². The fourth-order valence-corrected chi connectivity index (χ4v) is 3.23. The highest BCUT2D eigenvalue weighted by Crippen LogP contribution is 2.24. The molecule has 26 heavy (non-hydrogen) atoms. The molecular formula is C19H15N5OS. The summed E-state index contributed by atoms with van der Waals surface area (Å²) in [4.78, 5) is 25.6. The third-order valence-electron chi connectivity index (χ3n) is 3.76. The number of carbonyl (C=O) groups is 1. The Bertz CT molecular complexity index is 1080. The number of nitrogens with zero attached hydrogens (tertiary/aromatic N) is 3. The van der Waals surface area contributed by atoms with Gasteiger partial charge in [-0.25, -0.2) is 9.97 Å². The maximum absolute atomic E-state index is 12.6. The van der Waals surface area contributed by atoms with E-state index in [-0.39, 0.29) is 5.91 Å². The van der Waals surface area contributed by atoms with Crippen LogP contribution in [-0.4, -0.2) is 20.9 Å². The standard InChI is InChI=1S/C19H15N5OS/c1-12-8-9-13-14(21-12)5-4-6-15(13)22-18(25)16-11-26-19(23-16)24-17-7-2-3-10-20-17/h2-11H,1H3,(H,22,25)(H,20,23,24). The molecule has 4 rings (SSSR count). The van der Waals surface area contributed by atoms with Gasteiger partial charge in [0, 0.05) is 22.7 Å². The molecule has 6 nitrogen and oxygen atoms in total. The zero-order valence-corrected chi connectivity index (χ0v) is 14.7. The van der Waals surface area contributed by atoms with E-state index in [1.807, 2.05) is 55.5 Å². The summed E-state index contributed by atoms with van der Waals surface area (Å²) in [5, 5.41) is 9.23. The Labute approximate surface area is 154 Å². The molecule has 7 heteroatoms. The number of hydrogen-bond donors (Lipinski definition) is 2. The van der Waals surface area contributed by atoms with Gasteiger partial charge < -0.3 is 10.6 Å². The highest BCUT2D eigenvalue weighted by molar-refractivity contribution is 7.14. The van der Waals surface area contributed by atoms with Crippen molar-refractivity contribution in [1.29, 1.82) is 0 Å². The Balaban J connectivity index is 1.54. The van der Waals surface area contributed by atoms with Crippen LogP contribution in [0.25, 0.3) is 10.9 Å². The molecule has 3 heterocycles. The van der Waals surface area contributed by atoms with E-state index in [9.17, 15) is 4.79 Å². The van der Waals surface area contributed by atoms with Gasteiger partial charge in [-0.1, -0.05) is 12.1 Å². The average Bonchev–Trinajstić information content (AvgIpc) is 3.11. The number of aromatic nitrogens is 3. The first kappa shape index (κ1) is 16.2. The molecule has 0 spiro atoms. The van der Waals surface area contributed by atoms with E-state index in [0.29, 0.717) is 22.3 Å². The molecule has 0 bridgehead atoms. The van der Waals surface area contributed by atoms with Gasteiger partial charge in [-0.3, -0.25) is 9.78 Å². The predicted molar refractivity (Wildman–Crippen MR) is 104 cm³/mol. The van der Waals surface area contributed by atoms with Crippen LogP contribution in [0.1, 0.15) is 16.2 Å². The van der Waals surface area contributed by atoms with Gasteiger partial charge >= 0.3 is 0 Å². The number of carbonyl (C=O) groups excluding carboxylic acids is 1.